The van der Waals surface area contributed by atoms with E-state index in [4.69, 9.17) is 4.98 Å². The van der Waals surface area contributed by atoms with Crippen LogP contribution in [0.4, 0.5) is 5.69 Å². The third kappa shape index (κ3) is 4.68. The maximum atomic E-state index is 13.7. The van der Waals surface area contributed by atoms with Gasteiger partial charge in [0.05, 0.1) is 22.6 Å². The molecule has 0 unspecified atom stereocenters. The number of benzene rings is 2. The number of hydrogen-bond donors (Lipinski definition) is 1. The van der Waals surface area contributed by atoms with Gasteiger partial charge in [-0.1, -0.05) is 43.3 Å². The molecule has 1 N–H and O–H groups in total. The van der Waals surface area contributed by atoms with E-state index in [0.29, 0.717) is 29.6 Å². The van der Waals surface area contributed by atoms with Crippen molar-refractivity contribution in [1.29, 1.82) is 0 Å². The Bertz CT molecular complexity index is 1280. The van der Waals surface area contributed by atoms with E-state index < -0.39 is 0 Å². The van der Waals surface area contributed by atoms with Crippen LogP contribution in [0.25, 0.3) is 11.0 Å². The zero-order valence-electron chi connectivity index (χ0n) is 19.3. The molecule has 0 aliphatic rings. The van der Waals surface area contributed by atoms with Gasteiger partial charge in [0.25, 0.3) is 5.91 Å². The van der Waals surface area contributed by atoms with Crippen molar-refractivity contribution in [3.8, 4) is 0 Å². The molecule has 4 rings (SSSR count). The van der Waals surface area contributed by atoms with E-state index in [-0.39, 0.29) is 17.9 Å². The van der Waals surface area contributed by atoms with Crippen molar-refractivity contribution < 1.29 is 9.59 Å². The normalized spacial score (nSPS) is 12.0. The van der Waals surface area contributed by atoms with E-state index in [0.717, 1.165) is 21.8 Å². The highest BCUT2D eigenvalue weighted by atomic mass is 32.1. The van der Waals surface area contributed by atoms with Crippen LogP contribution in [-0.4, -0.2) is 33.3 Å². The van der Waals surface area contributed by atoms with Gasteiger partial charge in [0, 0.05) is 37.5 Å². The van der Waals surface area contributed by atoms with Crippen molar-refractivity contribution in [3.63, 3.8) is 0 Å². The Morgan fingerprint density at radius 2 is 1.91 bits per heavy atom. The fourth-order valence-electron chi connectivity index (χ4n) is 3.91. The fourth-order valence-corrected chi connectivity index (χ4v) is 4.73. The molecular weight excluding hydrogens is 432 g/mol. The molecule has 2 aromatic heterocycles. The molecule has 2 heterocycles. The Hall–Kier alpha value is -3.45. The molecule has 0 spiro atoms. The highest BCUT2D eigenvalue weighted by Gasteiger charge is 2.25. The smallest absolute Gasteiger partial charge is 0.256 e. The van der Waals surface area contributed by atoms with Crippen molar-refractivity contribution in [2.45, 2.75) is 32.7 Å². The lowest BCUT2D eigenvalue weighted by Crippen LogP contribution is -2.29. The number of rotatable bonds is 7. The lowest BCUT2D eigenvalue weighted by molar-refractivity contribution is -0.115. The van der Waals surface area contributed by atoms with Crippen LogP contribution in [0.5, 0.6) is 0 Å². The number of imidazole rings is 1. The first-order valence-electron chi connectivity index (χ1n) is 11.0. The van der Waals surface area contributed by atoms with E-state index in [1.54, 1.807) is 29.2 Å². The molecule has 2 aromatic carbocycles. The van der Waals surface area contributed by atoms with Gasteiger partial charge in [0.15, 0.2) is 0 Å². The van der Waals surface area contributed by atoms with Gasteiger partial charge < -0.3 is 14.8 Å². The minimum atomic E-state index is -0.109. The summed E-state index contributed by atoms with van der Waals surface area (Å²) in [6, 6.07) is 17.7. The monoisotopic (exact) mass is 460 g/mol. The number of carbonyl (C=O) groups is 2. The highest BCUT2D eigenvalue weighted by molar-refractivity contribution is 7.10. The maximum absolute atomic E-state index is 13.7. The van der Waals surface area contributed by atoms with Crippen molar-refractivity contribution in [2.75, 3.05) is 12.4 Å². The highest BCUT2D eigenvalue weighted by Crippen LogP contribution is 2.30. The number of fused-ring (bicyclic) bond motifs is 1. The minimum absolute atomic E-state index is 0.0709. The molecule has 0 bridgehead atoms. The Morgan fingerprint density at radius 3 is 2.58 bits per heavy atom. The molecular formula is C26H28N4O2S. The Labute approximate surface area is 197 Å². The second-order valence-electron chi connectivity index (χ2n) is 8.15. The van der Waals surface area contributed by atoms with Crippen molar-refractivity contribution >= 4 is 39.9 Å². The summed E-state index contributed by atoms with van der Waals surface area (Å²) < 4.78 is 1.99. The second kappa shape index (κ2) is 9.58. The van der Waals surface area contributed by atoms with Crippen LogP contribution in [0.15, 0.2) is 60.0 Å². The number of aryl methyl sites for hydroxylation is 1. The lowest BCUT2D eigenvalue weighted by Gasteiger charge is -2.25. The number of hydrogen-bond acceptors (Lipinski definition) is 4. The Balaban J connectivity index is 1.79. The third-order valence-corrected chi connectivity index (χ3v) is 7.00. The van der Waals surface area contributed by atoms with Crippen molar-refractivity contribution in [3.05, 3.63) is 81.8 Å². The average Bonchev–Trinajstić information content (AvgIpc) is 3.46. The van der Waals surface area contributed by atoms with Gasteiger partial charge in [0.2, 0.25) is 5.91 Å². The lowest BCUT2D eigenvalue weighted by atomic mass is 10.1. The Kier molecular flexibility index (Phi) is 6.60. The van der Waals surface area contributed by atoms with Gasteiger partial charge in [-0.25, -0.2) is 4.98 Å². The molecule has 0 saturated heterocycles. The molecule has 4 aromatic rings. The second-order valence-corrected chi connectivity index (χ2v) is 9.13. The summed E-state index contributed by atoms with van der Waals surface area (Å²) in [4.78, 5) is 33.5. The van der Waals surface area contributed by atoms with E-state index in [9.17, 15) is 9.59 Å². The van der Waals surface area contributed by atoms with Crippen LogP contribution in [0.2, 0.25) is 0 Å². The molecule has 33 heavy (non-hydrogen) atoms. The van der Waals surface area contributed by atoms with E-state index in [2.05, 4.69) is 17.4 Å². The predicted molar refractivity (Wildman–Crippen MR) is 134 cm³/mol. The first kappa shape index (κ1) is 22.7. The van der Waals surface area contributed by atoms with E-state index in [1.807, 2.05) is 67.4 Å². The first-order valence-corrected chi connectivity index (χ1v) is 11.9. The number of nitrogens with zero attached hydrogens (tertiary/aromatic N) is 3. The van der Waals surface area contributed by atoms with Gasteiger partial charge in [0.1, 0.15) is 5.82 Å². The number of amides is 2. The number of carbonyl (C=O) groups excluding carboxylic acids is 2. The van der Waals surface area contributed by atoms with E-state index >= 15 is 0 Å². The number of anilines is 1. The quantitative estimate of drug-likeness (QED) is 0.401. The van der Waals surface area contributed by atoms with Gasteiger partial charge in [-0.15, -0.1) is 11.3 Å². The topological polar surface area (TPSA) is 67.2 Å². The molecule has 170 valence electrons. The molecule has 6 nitrogen and oxygen atoms in total. The maximum Gasteiger partial charge on any atom is 0.256 e. The van der Waals surface area contributed by atoms with Gasteiger partial charge in [-0.05, 0) is 36.1 Å². The summed E-state index contributed by atoms with van der Waals surface area (Å²) in [7, 11) is 3.76. The van der Waals surface area contributed by atoms with E-state index in [1.165, 1.54) is 0 Å². The zero-order valence-corrected chi connectivity index (χ0v) is 20.1. The van der Waals surface area contributed by atoms with Crippen LogP contribution >= 0.6 is 11.3 Å². The minimum Gasteiger partial charge on any atom is -0.334 e. The molecule has 1 atom stereocenters. The number of nitrogens with one attached hydrogen (secondary N) is 1. The predicted octanol–water partition coefficient (Wildman–Crippen LogP) is 5.41. The van der Waals surface area contributed by atoms with Gasteiger partial charge >= 0.3 is 0 Å². The third-order valence-electron chi connectivity index (χ3n) is 5.96. The molecule has 0 radical (unpaired) electrons. The first-order chi connectivity index (χ1) is 15.9. The number of aromatic nitrogens is 2. The summed E-state index contributed by atoms with van der Waals surface area (Å²) in [5, 5.41) is 4.91. The van der Waals surface area contributed by atoms with Crippen molar-refractivity contribution in [2.24, 2.45) is 7.05 Å². The van der Waals surface area contributed by atoms with Crippen LogP contribution in [0.1, 0.15) is 52.9 Å². The Morgan fingerprint density at radius 1 is 1.15 bits per heavy atom. The molecule has 0 saturated carbocycles. The molecule has 0 fully saturated rings. The largest absolute Gasteiger partial charge is 0.334 e. The van der Waals surface area contributed by atoms with Crippen LogP contribution in [0.3, 0.4) is 0 Å². The average molecular weight is 461 g/mol. The summed E-state index contributed by atoms with van der Waals surface area (Å²) in [6.07, 6.45) is 1.01. The fraction of sp³-hybridized carbons (Fsp3) is 0.269. The summed E-state index contributed by atoms with van der Waals surface area (Å²) in [5.74, 6) is 0.648. The molecule has 0 aliphatic heterocycles. The standard InChI is InChI=1S/C26H28N4O2S/c1-5-24(31)27-19-15-20(26(32)29(3)17(2)22-12-9-13-33-22)25-21(16-19)28-23(30(25)4)14-18-10-7-6-8-11-18/h6-13,15-17H,5,14H2,1-4H3,(H,27,31)/t17-/m0/s1. The van der Waals surface area contributed by atoms with Crippen LogP contribution in [-0.2, 0) is 18.3 Å². The molecule has 7 heteroatoms. The summed E-state index contributed by atoms with van der Waals surface area (Å²) >= 11 is 1.63. The molecule has 0 aliphatic carbocycles. The van der Waals surface area contributed by atoms with Crippen LogP contribution < -0.4 is 5.32 Å². The SMILES string of the molecule is CCC(=O)Nc1cc(C(=O)N(C)[C@@H](C)c2cccs2)c2c(c1)nc(Cc1ccccc1)n2C. The summed E-state index contributed by atoms with van der Waals surface area (Å²) in [5.41, 5.74) is 3.72. The number of thiophene rings is 1. The van der Waals surface area contributed by atoms with Crippen molar-refractivity contribution in [1.82, 2.24) is 14.5 Å². The van der Waals surface area contributed by atoms with Gasteiger partial charge in [-0.3, -0.25) is 9.59 Å². The summed E-state index contributed by atoms with van der Waals surface area (Å²) in [6.45, 7) is 3.82. The van der Waals surface area contributed by atoms with Crippen LogP contribution in [0, 0.1) is 0 Å². The molecule has 2 amide bonds. The zero-order chi connectivity index (χ0) is 23.5. The van der Waals surface area contributed by atoms with Gasteiger partial charge in [-0.2, -0.15) is 0 Å².